The quantitative estimate of drug-likeness (QED) is 0.604. The SMILES string of the molecule is CCOC(=O)C(NC(=O)OCC(Cl)(Cl)Cl)c1csc(O)n1. The predicted octanol–water partition coefficient (Wildman–Crippen LogP) is 2.55. The van der Waals surface area contributed by atoms with Crippen LogP contribution in [-0.4, -0.2) is 39.2 Å². The summed E-state index contributed by atoms with van der Waals surface area (Å²) in [5.74, 6) is -0.756. The number of nitrogens with zero attached hydrogens (tertiary/aromatic N) is 1. The van der Waals surface area contributed by atoms with Gasteiger partial charge in [-0.25, -0.2) is 14.6 Å². The fraction of sp³-hybridized carbons (Fsp3) is 0.500. The van der Waals surface area contributed by atoms with Crippen LogP contribution in [0.5, 0.6) is 5.19 Å². The topological polar surface area (TPSA) is 97.8 Å². The molecule has 0 spiro atoms. The highest BCUT2D eigenvalue weighted by Gasteiger charge is 2.29. The number of hydrogen-bond acceptors (Lipinski definition) is 7. The lowest BCUT2D eigenvalue weighted by molar-refractivity contribution is -0.145. The summed E-state index contributed by atoms with van der Waals surface area (Å²) in [5.41, 5.74) is 0.113. The number of rotatable bonds is 5. The van der Waals surface area contributed by atoms with Gasteiger partial charge in [-0.2, -0.15) is 0 Å². The molecule has 0 bridgehead atoms. The number of esters is 1. The van der Waals surface area contributed by atoms with Gasteiger partial charge >= 0.3 is 12.1 Å². The van der Waals surface area contributed by atoms with Gasteiger partial charge in [0.2, 0.25) is 3.79 Å². The fourth-order valence-corrected chi connectivity index (χ4v) is 1.93. The molecule has 1 aromatic rings. The number of alkyl halides is 3. The maximum absolute atomic E-state index is 11.8. The van der Waals surface area contributed by atoms with Gasteiger partial charge in [0.05, 0.1) is 12.3 Å². The Kier molecular flexibility index (Phi) is 6.79. The summed E-state index contributed by atoms with van der Waals surface area (Å²) in [6.07, 6.45) is -0.994. The molecule has 1 unspecified atom stereocenters. The Morgan fingerprint density at radius 2 is 2.14 bits per heavy atom. The zero-order chi connectivity index (χ0) is 16.0. The van der Waals surface area contributed by atoms with Gasteiger partial charge in [-0.05, 0) is 6.92 Å². The molecular weight excluding hydrogens is 367 g/mol. The summed E-state index contributed by atoms with van der Waals surface area (Å²) < 4.78 is 7.69. The van der Waals surface area contributed by atoms with Crippen LogP contribution in [-0.2, 0) is 14.3 Å². The lowest BCUT2D eigenvalue weighted by atomic mass is 10.2. The predicted molar refractivity (Wildman–Crippen MR) is 77.9 cm³/mol. The number of aromatic hydroxyl groups is 1. The third kappa shape index (κ3) is 6.56. The number of amides is 1. The number of hydrogen-bond donors (Lipinski definition) is 2. The summed E-state index contributed by atoms with van der Waals surface area (Å²) in [7, 11) is 0. The molecular formula is C10H11Cl3N2O5S. The van der Waals surface area contributed by atoms with E-state index in [1.807, 2.05) is 0 Å². The third-order valence-corrected chi connectivity index (χ3v) is 2.95. The standard InChI is InChI=1S/C10H11Cl3N2O5S/c1-2-19-7(16)6(5-3-21-9(18)14-5)15-8(17)20-4-10(11,12)13/h3,6H,2,4H2,1H3,(H,14,18)(H,15,17). The molecule has 7 nitrogen and oxygen atoms in total. The molecule has 1 aromatic heterocycles. The van der Waals surface area contributed by atoms with Crippen LogP contribution >= 0.6 is 46.1 Å². The maximum Gasteiger partial charge on any atom is 0.408 e. The van der Waals surface area contributed by atoms with Crippen LogP contribution < -0.4 is 5.32 Å². The molecule has 0 aliphatic heterocycles. The van der Waals surface area contributed by atoms with E-state index in [4.69, 9.17) is 39.5 Å². The van der Waals surface area contributed by atoms with E-state index in [0.29, 0.717) is 0 Å². The third-order valence-electron chi connectivity index (χ3n) is 1.96. The van der Waals surface area contributed by atoms with Crippen LogP contribution in [0, 0.1) is 0 Å². The van der Waals surface area contributed by atoms with Crippen LogP contribution in [0.2, 0.25) is 0 Å². The van der Waals surface area contributed by atoms with E-state index >= 15 is 0 Å². The highest BCUT2D eigenvalue weighted by atomic mass is 35.6. The molecule has 21 heavy (non-hydrogen) atoms. The number of aromatic nitrogens is 1. The Bertz CT molecular complexity index is 505. The molecule has 0 aromatic carbocycles. The molecule has 0 aliphatic carbocycles. The molecule has 0 radical (unpaired) electrons. The smallest absolute Gasteiger partial charge is 0.408 e. The normalized spacial score (nSPS) is 12.6. The van der Waals surface area contributed by atoms with Crippen LogP contribution in [0.15, 0.2) is 5.38 Å². The highest BCUT2D eigenvalue weighted by molar-refractivity contribution is 7.11. The van der Waals surface area contributed by atoms with Crippen molar-refractivity contribution in [3.8, 4) is 5.19 Å². The molecule has 0 aliphatic rings. The first-order valence-corrected chi connectivity index (χ1v) is 7.55. The van der Waals surface area contributed by atoms with Crippen molar-refractivity contribution in [2.45, 2.75) is 16.8 Å². The van der Waals surface area contributed by atoms with E-state index in [1.54, 1.807) is 6.92 Å². The summed E-state index contributed by atoms with van der Waals surface area (Å²) in [6, 6.07) is -1.23. The van der Waals surface area contributed by atoms with Crippen LogP contribution in [0.3, 0.4) is 0 Å². The van der Waals surface area contributed by atoms with Gasteiger partial charge in [0, 0.05) is 5.38 Å². The number of halogens is 3. The molecule has 1 atom stereocenters. The van der Waals surface area contributed by atoms with Crippen molar-refractivity contribution in [3.05, 3.63) is 11.1 Å². The van der Waals surface area contributed by atoms with Crippen molar-refractivity contribution in [2.75, 3.05) is 13.2 Å². The minimum atomic E-state index is -1.77. The Hall–Kier alpha value is -0.960. The molecule has 0 saturated carbocycles. The van der Waals surface area contributed by atoms with Crippen LogP contribution in [0.1, 0.15) is 18.7 Å². The Morgan fingerprint density at radius 1 is 1.48 bits per heavy atom. The van der Waals surface area contributed by atoms with E-state index in [0.717, 1.165) is 11.3 Å². The Labute approximate surface area is 139 Å². The molecule has 2 N–H and O–H groups in total. The van der Waals surface area contributed by atoms with Crippen molar-refractivity contribution in [3.63, 3.8) is 0 Å². The molecule has 1 heterocycles. The van der Waals surface area contributed by atoms with Gasteiger partial charge in [-0.3, -0.25) is 0 Å². The summed E-state index contributed by atoms with van der Waals surface area (Å²) in [4.78, 5) is 27.1. The van der Waals surface area contributed by atoms with Gasteiger partial charge < -0.3 is 19.9 Å². The monoisotopic (exact) mass is 376 g/mol. The number of ether oxygens (including phenoxy) is 2. The molecule has 0 fully saturated rings. The average Bonchev–Trinajstić information content (AvgIpc) is 2.79. The number of carbonyl (C=O) groups is 2. The number of nitrogens with one attached hydrogen (secondary N) is 1. The van der Waals surface area contributed by atoms with Crippen molar-refractivity contribution in [2.24, 2.45) is 0 Å². The minimum Gasteiger partial charge on any atom is -0.486 e. The Morgan fingerprint density at radius 3 is 2.62 bits per heavy atom. The second-order valence-electron chi connectivity index (χ2n) is 3.58. The van der Waals surface area contributed by atoms with E-state index < -0.39 is 28.5 Å². The molecule has 118 valence electrons. The number of alkyl carbamates (subject to hydrolysis) is 1. The fourth-order valence-electron chi connectivity index (χ4n) is 1.19. The molecule has 0 saturated heterocycles. The molecule has 1 rings (SSSR count). The van der Waals surface area contributed by atoms with Gasteiger partial charge in [0.25, 0.3) is 5.19 Å². The first kappa shape index (κ1) is 18.1. The summed E-state index contributed by atoms with van der Waals surface area (Å²) in [6.45, 7) is 1.21. The summed E-state index contributed by atoms with van der Waals surface area (Å²) in [5, 5.41) is 12.6. The van der Waals surface area contributed by atoms with Crippen molar-refractivity contribution >= 4 is 58.2 Å². The first-order chi connectivity index (χ1) is 9.73. The second-order valence-corrected chi connectivity index (χ2v) is 6.93. The molecule has 1 amide bonds. The highest BCUT2D eigenvalue weighted by Crippen LogP contribution is 2.26. The van der Waals surface area contributed by atoms with Crippen molar-refractivity contribution in [1.29, 1.82) is 0 Å². The van der Waals surface area contributed by atoms with Gasteiger partial charge in [-0.1, -0.05) is 46.1 Å². The lowest BCUT2D eigenvalue weighted by Crippen LogP contribution is -2.36. The Balaban J connectivity index is 2.74. The molecule has 11 heteroatoms. The van der Waals surface area contributed by atoms with E-state index in [1.165, 1.54) is 5.38 Å². The van der Waals surface area contributed by atoms with E-state index in [-0.39, 0.29) is 17.5 Å². The van der Waals surface area contributed by atoms with Gasteiger partial charge in [0.15, 0.2) is 6.04 Å². The van der Waals surface area contributed by atoms with Crippen LogP contribution in [0.4, 0.5) is 4.79 Å². The number of thiazole rings is 1. The minimum absolute atomic E-state index is 0.107. The zero-order valence-corrected chi connectivity index (χ0v) is 13.7. The van der Waals surface area contributed by atoms with Crippen LogP contribution in [0.25, 0.3) is 0 Å². The van der Waals surface area contributed by atoms with E-state index in [9.17, 15) is 14.7 Å². The summed E-state index contributed by atoms with van der Waals surface area (Å²) >= 11 is 17.2. The van der Waals surface area contributed by atoms with Crippen molar-refractivity contribution < 1.29 is 24.2 Å². The largest absolute Gasteiger partial charge is 0.486 e. The van der Waals surface area contributed by atoms with E-state index in [2.05, 4.69) is 15.0 Å². The van der Waals surface area contributed by atoms with Gasteiger partial charge in [-0.15, -0.1) is 0 Å². The average molecular weight is 378 g/mol. The maximum atomic E-state index is 11.8. The van der Waals surface area contributed by atoms with Gasteiger partial charge in [0.1, 0.15) is 6.61 Å². The first-order valence-electron chi connectivity index (χ1n) is 5.54. The zero-order valence-electron chi connectivity index (χ0n) is 10.6. The van der Waals surface area contributed by atoms with Crippen molar-refractivity contribution in [1.82, 2.24) is 10.3 Å². The number of carbonyl (C=O) groups excluding carboxylic acids is 2. The second kappa shape index (κ2) is 7.88. The lowest BCUT2D eigenvalue weighted by Gasteiger charge is -2.16.